The predicted octanol–water partition coefficient (Wildman–Crippen LogP) is 4.39. The number of amides is 1. The van der Waals surface area contributed by atoms with Crippen LogP contribution in [-0.4, -0.2) is 40.1 Å². The molecule has 1 aromatic carbocycles. The average Bonchev–Trinajstić information content (AvgIpc) is 3.77. The molecule has 9 heteroatoms. The number of hydrogen-bond acceptors (Lipinski definition) is 7. The summed E-state index contributed by atoms with van der Waals surface area (Å²) in [6.07, 6.45) is 7.59. The Morgan fingerprint density at radius 1 is 1.08 bits per heavy atom. The Balaban J connectivity index is 1.18. The van der Waals surface area contributed by atoms with Crippen molar-refractivity contribution in [3.05, 3.63) is 65.0 Å². The van der Waals surface area contributed by atoms with Crippen LogP contribution in [-0.2, 0) is 17.4 Å². The molecule has 1 aliphatic heterocycles. The van der Waals surface area contributed by atoms with Gasteiger partial charge < -0.3 is 21.3 Å². The van der Waals surface area contributed by atoms with Gasteiger partial charge in [0, 0.05) is 41.8 Å². The summed E-state index contributed by atoms with van der Waals surface area (Å²) < 4.78 is 13.6. The molecule has 2 aromatic heterocycles. The Labute approximate surface area is 214 Å². The van der Waals surface area contributed by atoms with Gasteiger partial charge in [0.05, 0.1) is 5.69 Å². The minimum atomic E-state index is -0.470. The average molecular weight is 500 g/mol. The molecule has 37 heavy (non-hydrogen) atoms. The minimum Gasteiger partial charge on any atom is -0.349 e. The molecule has 0 saturated heterocycles. The zero-order valence-corrected chi connectivity index (χ0v) is 20.6. The van der Waals surface area contributed by atoms with E-state index in [1.807, 2.05) is 12.1 Å². The van der Waals surface area contributed by atoms with Gasteiger partial charge in [0.1, 0.15) is 23.9 Å². The fourth-order valence-corrected chi connectivity index (χ4v) is 5.32. The van der Waals surface area contributed by atoms with Crippen LogP contribution in [0, 0.1) is 0 Å². The molecule has 8 nitrogen and oxygen atoms in total. The summed E-state index contributed by atoms with van der Waals surface area (Å²) in [5.41, 5.74) is 4.57. The largest absolute Gasteiger partial charge is 0.349 e. The van der Waals surface area contributed by atoms with Crippen LogP contribution in [0.5, 0.6) is 0 Å². The van der Waals surface area contributed by atoms with E-state index in [2.05, 4.69) is 54.4 Å². The Hall–Kier alpha value is -3.59. The van der Waals surface area contributed by atoms with E-state index in [1.54, 1.807) is 12.3 Å². The molecule has 3 aromatic rings. The number of fused-ring (bicyclic) bond motifs is 2. The number of anilines is 4. The number of hydrogen-bond donors (Lipinski definition) is 4. The summed E-state index contributed by atoms with van der Waals surface area (Å²) in [6.45, 7) is 1.48. The number of nitrogens with one attached hydrogen (secondary N) is 4. The highest BCUT2D eigenvalue weighted by atomic mass is 19.1. The molecule has 3 heterocycles. The topological polar surface area (TPSA) is 104 Å². The molecule has 0 unspecified atom stereocenters. The number of nitrogens with zero attached hydrogens (tertiary/aromatic N) is 3. The maximum atomic E-state index is 13.6. The van der Waals surface area contributed by atoms with Crippen molar-refractivity contribution in [1.82, 2.24) is 25.6 Å². The van der Waals surface area contributed by atoms with E-state index < -0.39 is 12.1 Å². The molecule has 4 aliphatic rings. The van der Waals surface area contributed by atoms with E-state index in [0.29, 0.717) is 28.6 Å². The molecule has 0 atom stereocenters. The highest BCUT2D eigenvalue weighted by Gasteiger charge is 2.47. The van der Waals surface area contributed by atoms with E-state index in [9.17, 15) is 9.18 Å². The molecule has 7 rings (SSSR count). The lowest BCUT2D eigenvalue weighted by atomic mass is 9.88. The lowest BCUT2D eigenvalue weighted by molar-refractivity contribution is 0.0951. The van der Waals surface area contributed by atoms with E-state index in [4.69, 9.17) is 0 Å². The summed E-state index contributed by atoms with van der Waals surface area (Å²) in [7, 11) is 0. The van der Waals surface area contributed by atoms with Crippen molar-refractivity contribution in [2.24, 2.45) is 0 Å². The Morgan fingerprint density at radius 2 is 1.95 bits per heavy atom. The first-order valence-corrected chi connectivity index (χ1v) is 13.2. The molecule has 1 amide bonds. The van der Waals surface area contributed by atoms with Crippen molar-refractivity contribution in [2.45, 2.75) is 61.9 Å². The predicted molar refractivity (Wildman–Crippen MR) is 139 cm³/mol. The van der Waals surface area contributed by atoms with Crippen molar-refractivity contribution in [3.8, 4) is 0 Å². The van der Waals surface area contributed by atoms with Gasteiger partial charge in [-0.1, -0.05) is 12.1 Å². The fraction of sp³-hybridized carbons (Fsp3) is 0.429. The Morgan fingerprint density at radius 3 is 2.70 bits per heavy atom. The number of pyridine rings is 1. The maximum Gasteiger partial charge on any atom is 0.256 e. The highest BCUT2D eigenvalue weighted by molar-refractivity contribution is 5.99. The smallest absolute Gasteiger partial charge is 0.256 e. The van der Waals surface area contributed by atoms with Crippen LogP contribution in [0.15, 0.2) is 42.6 Å². The second kappa shape index (κ2) is 8.48. The number of rotatable bonds is 8. The lowest BCUT2D eigenvalue weighted by Gasteiger charge is -2.26. The first-order valence-electron chi connectivity index (χ1n) is 13.2. The van der Waals surface area contributed by atoms with Gasteiger partial charge in [0.15, 0.2) is 0 Å². The molecule has 0 radical (unpaired) electrons. The quantitative estimate of drug-likeness (QED) is 0.365. The first kappa shape index (κ1) is 22.6. The van der Waals surface area contributed by atoms with Crippen molar-refractivity contribution in [2.75, 3.05) is 23.9 Å². The van der Waals surface area contributed by atoms with Gasteiger partial charge in [-0.25, -0.2) is 9.97 Å². The second-order valence-corrected chi connectivity index (χ2v) is 11.0. The zero-order chi connectivity index (χ0) is 25.0. The highest BCUT2D eigenvalue weighted by Crippen LogP contribution is 2.51. The Kier molecular flexibility index (Phi) is 5.18. The van der Waals surface area contributed by atoms with Crippen molar-refractivity contribution in [1.29, 1.82) is 0 Å². The number of aromatic nitrogens is 3. The molecule has 3 saturated carbocycles. The van der Waals surface area contributed by atoms with Crippen molar-refractivity contribution < 1.29 is 9.18 Å². The molecular formula is C28H30FN7O. The minimum absolute atomic E-state index is 0.206. The van der Waals surface area contributed by atoms with Gasteiger partial charge in [-0.15, -0.1) is 0 Å². The molecule has 3 aliphatic carbocycles. The molecular weight excluding hydrogens is 469 g/mol. The third kappa shape index (κ3) is 4.31. The fourth-order valence-electron chi connectivity index (χ4n) is 5.32. The van der Waals surface area contributed by atoms with Crippen LogP contribution in [0.3, 0.4) is 0 Å². The van der Waals surface area contributed by atoms with Gasteiger partial charge in [-0.05, 0) is 73.9 Å². The monoisotopic (exact) mass is 499 g/mol. The number of alkyl halides is 1. The van der Waals surface area contributed by atoms with Gasteiger partial charge >= 0.3 is 0 Å². The standard InChI is InChI=1S/C28H30FN7O/c29-15-27(8-9-27)22-2-1-3-23(34-22)35-24-20(25(37)32-18-4-5-18)14-31-26(36-24)33-19-6-7-21-17(12-19)13-30-16-28(21)10-11-28/h1-3,6-7,12,14,18,30H,4-5,8-11,13,15-16H2,(H,32,37)(H2,31,33,34,35,36). The number of carbonyl (C=O) groups is 1. The van der Waals surface area contributed by atoms with Crippen LogP contribution in [0.1, 0.15) is 65.7 Å². The van der Waals surface area contributed by atoms with Crippen LogP contribution < -0.4 is 21.3 Å². The van der Waals surface area contributed by atoms with Crippen LogP contribution in [0.2, 0.25) is 0 Å². The van der Waals surface area contributed by atoms with E-state index in [1.165, 1.54) is 24.0 Å². The number of halogens is 1. The first-order chi connectivity index (χ1) is 18.1. The van der Waals surface area contributed by atoms with Crippen molar-refractivity contribution in [3.63, 3.8) is 0 Å². The molecule has 190 valence electrons. The number of benzene rings is 1. The molecule has 4 N–H and O–H groups in total. The summed E-state index contributed by atoms with van der Waals surface area (Å²) in [4.78, 5) is 26.7. The molecule has 3 fully saturated rings. The van der Waals surface area contributed by atoms with E-state index in [-0.39, 0.29) is 11.9 Å². The van der Waals surface area contributed by atoms with Crippen LogP contribution in [0.25, 0.3) is 0 Å². The normalized spacial score (nSPS) is 20.1. The summed E-state index contributed by atoms with van der Waals surface area (Å²) in [5.74, 6) is 1.05. The summed E-state index contributed by atoms with van der Waals surface area (Å²) in [5, 5.41) is 13.1. The van der Waals surface area contributed by atoms with Crippen molar-refractivity contribution >= 4 is 29.2 Å². The summed E-state index contributed by atoms with van der Waals surface area (Å²) >= 11 is 0. The van der Waals surface area contributed by atoms with Gasteiger partial charge in [0.25, 0.3) is 5.91 Å². The molecule has 1 spiro atoms. The Bertz CT molecular complexity index is 1380. The summed E-state index contributed by atoms with van der Waals surface area (Å²) in [6, 6.07) is 12.2. The van der Waals surface area contributed by atoms with E-state index in [0.717, 1.165) is 50.2 Å². The van der Waals surface area contributed by atoms with Gasteiger partial charge in [-0.2, -0.15) is 4.98 Å². The maximum absolute atomic E-state index is 13.6. The molecule has 0 bridgehead atoms. The SMILES string of the molecule is O=C(NC1CC1)c1cnc(Nc2ccc3c(c2)CNCC32CC2)nc1Nc1cccc(C2(CF)CC2)n1. The third-order valence-electron chi connectivity index (χ3n) is 8.16. The zero-order valence-electron chi connectivity index (χ0n) is 20.6. The van der Waals surface area contributed by atoms with Gasteiger partial charge in [-0.3, -0.25) is 9.18 Å². The van der Waals surface area contributed by atoms with Crippen LogP contribution >= 0.6 is 0 Å². The van der Waals surface area contributed by atoms with Crippen LogP contribution in [0.4, 0.5) is 27.7 Å². The third-order valence-corrected chi connectivity index (χ3v) is 8.16. The lowest BCUT2D eigenvalue weighted by Crippen LogP contribution is -2.33. The second-order valence-electron chi connectivity index (χ2n) is 11.0. The van der Waals surface area contributed by atoms with E-state index >= 15 is 0 Å². The van der Waals surface area contributed by atoms with Gasteiger partial charge in [0.2, 0.25) is 5.95 Å². The number of carbonyl (C=O) groups excluding carboxylic acids is 1.